The number of ether oxygens (including phenoxy) is 1. The molecule has 1 fully saturated rings. The third kappa shape index (κ3) is 7.25. The van der Waals surface area contributed by atoms with Gasteiger partial charge in [-0.1, -0.05) is 73.5 Å². The predicted octanol–water partition coefficient (Wildman–Crippen LogP) is 3.72. The standard InChI is InChI=1S/C24H27N3O3/c25-16-21(14-13-18-7-3-1-4-8-18)27-23(28)22(15-19-11-12-19)30-24(29)26-17-20-9-5-2-6-10-20/h1-10,19,21-22H,11-15,17H2,(H,26,29)(H,27,28). The van der Waals surface area contributed by atoms with Crippen LogP contribution in [0.1, 0.15) is 36.8 Å². The van der Waals surface area contributed by atoms with Crippen LogP contribution in [0, 0.1) is 17.2 Å². The van der Waals surface area contributed by atoms with Crippen molar-refractivity contribution in [1.29, 1.82) is 5.26 Å². The molecule has 1 aliphatic carbocycles. The molecule has 2 atom stereocenters. The third-order valence-corrected chi connectivity index (χ3v) is 5.10. The zero-order valence-corrected chi connectivity index (χ0v) is 16.9. The molecule has 2 N–H and O–H groups in total. The number of carbonyl (C=O) groups is 2. The van der Waals surface area contributed by atoms with Crippen molar-refractivity contribution in [3.05, 3.63) is 71.8 Å². The van der Waals surface area contributed by atoms with Crippen molar-refractivity contribution in [1.82, 2.24) is 10.6 Å². The molecule has 0 spiro atoms. The highest BCUT2D eigenvalue weighted by molar-refractivity contribution is 5.84. The molecule has 2 unspecified atom stereocenters. The van der Waals surface area contributed by atoms with Crippen LogP contribution in [0.5, 0.6) is 0 Å². The summed E-state index contributed by atoms with van der Waals surface area (Å²) in [6, 6.07) is 20.8. The van der Waals surface area contributed by atoms with Crippen LogP contribution < -0.4 is 10.6 Å². The Morgan fingerprint density at radius 2 is 1.67 bits per heavy atom. The van der Waals surface area contributed by atoms with Crippen LogP contribution in [0.3, 0.4) is 0 Å². The summed E-state index contributed by atoms with van der Waals surface area (Å²) in [6.07, 6.45) is 2.23. The molecule has 0 radical (unpaired) electrons. The summed E-state index contributed by atoms with van der Waals surface area (Å²) in [7, 11) is 0. The van der Waals surface area contributed by atoms with Gasteiger partial charge in [0.05, 0.1) is 6.07 Å². The minimum Gasteiger partial charge on any atom is -0.436 e. The third-order valence-electron chi connectivity index (χ3n) is 5.10. The first kappa shape index (κ1) is 21.4. The number of benzene rings is 2. The van der Waals surface area contributed by atoms with Crippen molar-refractivity contribution in [2.24, 2.45) is 5.92 Å². The number of hydrogen-bond acceptors (Lipinski definition) is 4. The molecule has 0 bridgehead atoms. The lowest BCUT2D eigenvalue weighted by Crippen LogP contribution is -2.44. The van der Waals surface area contributed by atoms with Crippen LogP contribution >= 0.6 is 0 Å². The maximum absolute atomic E-state index is 12.7. The molecule has 0 aliphatic heterocycles. The molecule has 30 heavy (non-hydrogen) atoms. The quantitative estimate of drug-likeness (QED) is 0.630. The van der Waals surface area contributed by atoms with Crippen molar-refractivity contribution in [2.75, 3.05) is 0 Å². The molecule has 2 aromatic rings. The van der Waals surface area contributed by atoms with Crippen LogP contribution in [0.4, 0.5) is 4.79 Å². The van der Waals surface area contributed by atoms with E-state index in [1.165, 1.54) is 0 Å². The normalized spacial score (nSPS) is 14.8. The molecular formula is C24H27N3O3. The van der Waals surface area contributed by atoms with E-state index in [4.69, 9.17) is 4.74 Å². The van der Waals surface area contributed by atoms with Gasteiger partial charge in [0.15, 0.2) is 6.10 Å². The Kier molecular flexibility index (Phi) is 7.85. The van der Waals surface area contributed by atoms with E-state index in [9.17, 15) is 14.9 Å². The number of rotatable bonds is 10. The Labute approximate surface area is 177 Å². The van der Waals surface area contributed by atoms with Gasteiger partial charge in [0.2, 0.25) is 0 Å². The predicted molar refractivity (Wildman–Crippen MR) is 113 cm³/mol. The second-order valence-electron chi connectivity index (χ2n) is 7.63. The second-order valence-corrected chi connectivity index (χ2v) is 7.63. The minimum atomic E-state index is -0.888. The number of alkyl carbamates (subject to hydrolysis) is 1. The first-order chi connectivity index (χ1) is 14.6. The molecule has 2 amide bonds. The maximum Gasteiger partial charge on any atom is 0.408 e. The smallest absolute Gasteiger partial charge is 0.408 e. The maximum atomic E-state index is 12.7. The van der Waals surface area contributed by atoms with E-state index >= 15 is 0 Å². The number of amides is 2. The van der Waals surface area contributed by atoms with Crippen molar-refractivity contribution in [3.63, 3.8) is 0 Å². The molecule has 0 saturated heterocycles. The number of nitrogens with zero attached hydrogens (tertiary/aromatic N) is 1. The van der Waals surface area contributed by atoms with Crippen molar-refractivity contribution in [3.8, 4) is 6.07 Å². The number of carbonyl (C=O) groups excluding carboxylic acids is 2. The minimum absolute atomic E-state index is 0.329. The van der Waals surface area contributed by atoms with Crippen LogP contribution in [0.2, 0.25) is 0 Å². The van der Waals surface area contributed by atoms with E-state index in [-0.39, 0.29) is 0 Å². The van der Waals surface area contributed by atoms with Crippen LogP contribution in [-0.2, 0) is 22.5 Å². The van der Waals surface area contributed by atoms with Gasteiger partial charge in [-0.25, -0.2) is 4.79 Å². The molecule has 0 heterocycles. The lowest BCUT2D eigenvalue weighted by Gasteiger charge is -2.20. The summed E-state index contributed by atoms with van der Waals surface area (Å²) in [5.41, 5.74) is 2.06. The molecule has 1 saturated carbocycles. The number of hydrogen-bond donors (Lipinski definition) is 2. The molecule has 6 nitrogen and oxygen atoms in total. The first-order valence-corrected chi connectivity index (χ1v) is 10.4. The van der Waals surface area contributed by atoms with Crippen molar-refractivity contribution < 1.29 is 14.3 Å². The summed E-state index contributed by atoms with van der Waals surface area (Å²) in [5.74, 6) is -0.0103. The van der Waals surface area contributed by atoms with Crippen molar-refractivity contribution in [2.45, 2.75) is 50.8 Å². The fourth-order valence-electron chi connectivity index (χ4n) is 3.20. The highest BCUT2D eigenvalue weighted by Crippen LogP contribution is 2.34. The monoisotopic (exact) mass is 405 g/mol. The van der Waals surface area contributed by atoms with E-state index in [1.54, 1.807) is 0 Å². The summed E-state index contributed by atoms with van der Waals surface area (Å²) in [6.45, 7) is 0.329. The molecule has 6 heteroatoms. The first-order valence-electron chi connectivity index (χ1n) is 10.4. The summed E-state index contributed by atoms with van der Waals surface area (Å²) in [5, 5.41) is 14.9. The van der Waals surface area contributed by atoms with E-state index < -0.39 is 24.1 Å². The average molecular weight is 405 g/mol. The Bertz CT molecular complexity index is 860. The Balaban J connectivity index is 1.50. The lowest BCUT2D eigenvalue weighted by atomic mass is 10.1. The fourth-order valence-corrected chi connectivity index (χ4v) is 3.20. The molecular weight excluding hydrogens is 378 g/mol. The zero-order valence-electron chi connectivity index (χ0n) is 16.9. The number of nitriles is 1. The molecule has 1 aliphatic rings. The van der Waals surface area contributed by atoms with Gasteiger partial charge < -0.3 is 15.4 Å². The van der Waals surface area contributed by atoms with Gasteiger partial charge in [-0.3, -0.25) is 4.79 Å². The Morgan fingerprint density at radius 1 is 1.03 bits per heavy atom. The summed E-state index contributed by atoms with van der Waals surface area (Å²) in [4.78, 5) is 25.0. The van der Waals surface area contributed by atoms with Crippen LogP contribution in [-0.4, -0.2) is 24.1 Å². The van der Waals surface area contributed by atoms with E-state index in [2.05, 4.69) is 16.7 Å². The van der Waals surface area contributed by atoms with Gasteiger partial charge in [0, 0.05) is 6.54 Å². The Hall–Kier alpha value is -3.33. The van der Waals surface area contributed by atoms with Gasteiger partial charge in [0.1, 0.15) is 6.04 Å². The van der Waals surface area contributed by atoms with Gasteiger partial charge in [0.25, 0.3) is 5.91 Å². The van der Waals surface area contributed by atoms with Gasteiger partial charge >= 0.3 is 6.09 Å². The average Bonchev–Trinajstić information content (AvgIpc) is 3.60. The Morgan fingerprint density at radius 3 is 2.27 bits per heavy atom. The molecule has 3 rings (SSSR count). The summed E-state index contributed by atoms with van der Waals surface area (Å²) < 4.78 is 5.42. The fraction of sp³-hybridized carbons (Fsp3) is 0.375. The van der Waals surface area contributed by atoms with Crippen LogP contribution in [0.25, 0.3) is 0 Å². The zero-order chi connectivity index (χ0) is 21.2. The van der Waals surface area contributed by atoms with Gasteiger partial charge in [-0.15, -0.1) is 0 Å². The summed E-state index contributed by atoms with van der Waals surface area (Å²) >= 11 is 0. The molecule has 2 aromatic carbocycles. The SMILES string of the molecule is N#CC(CCc1ccccc1)NC(=O)C(CC1CC1)OC(=O)NCc1ccccc1. The van der Waals surface area contributed by atoms with Gasteiger partial charge in [-0.05, 0) is 36.3 Å². The second kappa shape index (κ2) is 11.0. The molecule has 156 valence electrons. The number of nitrogens with one attached hydrogen (secondary N) is 2. The number of aryl methyl sites for hydroxylation is 1. The lowest BCUT2D eigenvalue weighted by molar-refractivity contribution is -0.130. The highest BCUT2D eigenvalue weighted by atomic mass is 16.6. The van der Waals surface area contributed by atoms with E-state index in [0.29, 0.717) is 31.7 Å². The van der Waals surface area contributed by atoms with E-state index in [1.807, 2.05) is 60.7 Å². The molecule has 0 aromatic heterocycles. The van der Waals surface area contributed by atoms with E-state index in [0.717, 1.165) is 24.0 Å². The van der Waals surface area contributed by atoms with Gasteiger partial charge in [-0.2, -0.15) is 5.26 Å². The largest absolute Gasteiger partial charge is 0.436 e. The highest BCUT2D eigenvalue weighted by Gasteiger charge is 2.32. The topological polar surface area (TPSA) is 91.2 Å². The van der Waals surface area contributed by atoms with Crippen LogP contribution in [0.15, 0.2) is 60.7 Å². The van der Waals surface area contributed by atoms with Crippen molar-refractivity contribution >= 4 is 12.0 Å².